The summed E-state index contributed by atoms with van der Waals surface area (Å²) in [7, 11) is 0. The monoisotopic (exact) mass is 322 g/mol. The largest absolute Gasteiger partial charge is 0.481 e. The first kappa shape index (κ1) is 18.9. The van der Waals surface area contributed by atoms with E-state index in [4.69, 9.17) is 5.11 Å². The molecule has 0 aromatic carbocycles. The third-order valence-corrected chi connectivity index (χ3v) is 3.66. The van der Waals surface area contributed by atoms with Crippen molar-refractivity contribution in [3.8, 4) is 0 Å². The smallest absolute Gasteiger partial charge is 0.303 e. The SMILES string of the molecule is Cc1ccc(=O)n(CC(C)(C)C(=O)NCCCCCC(=O)O)c1. The average molecular weight is 322 g/mol. The summed E-state index contributed by atoms with van der Waals surface area (Å²) in [6.45, 7) is 6.35. The third kappa shape index (κ3) is 6.67. The first-order valence-corrected chi connectivity index (χ1v) is 7.89. The molecule has 0 fully saturated rings. The van der Waals surface area contributed by atoms with Gasteiger partial charge in [0.05, 0.1) is 5.41 Å². The number of hydrogen-bond acceptors (Lipinski definition) is 3. The van der Waals surface area contributed by atoms with Crippen LogP contribution in [0.15, 0.2) is 23.1 Å². The highest BCUT2D eigenvalue weighted by Crippen LogP contribution is 2.17. The molecular formula is C17H26N2O4. The lowest BCUT2D eigenvalue weighted by molar-refractivity contribution is -0.137. The van der Waals surface area contributed by atoms with E-state index < -0.39 is 11.4 Å². The van der Waals surface area contributed by atoms with Crippen molar-refractivity contribution in [3.63, 3.8) is 0 Å². The highest BCUT2D eigenvalue weighted by atomic mass is 16.4. The number of unbranched alkanes of at least 4 members (excludes halogenated alkanes) is 2. The normalized spacial score (nSPS) is 11.3. The van der Waals surface area contributed by atoms with Crippen LogP contribution < -0.4 is 10.9 Å². The maximum absolute atomic E-state index is 12.3. The molecule has 0 bridgehead atoms. The summed E-state index contributed by atoms with van der Waals surface area (Å²) in [6.07, 6.45) is 4.05. The van der Waals surface area contributed by atoms with Crippen LogP contribution in [0.3, 0.4) is 0 Å². The highest BCUT2D eigenvalue weighted by molar-refractivity contribution is 5.81. The van der Waals surface area contributed by atoms with E-state index in [1.165, 1.54) is 6.07 Å². The molecule has 0 radical (unpaired) electrons. The van der Waals surface area contributed by atoms with Gasteiger partial charge in [-0.15, -0.1) is 0 Å². The topological polar surface area (TPSA) is 88.4 Å². The summed E-state index contributed by atoms with van der Waals surface area (Å²) in [6, 6.07) is 3.26. The van der Waals surface area contributed by atoms with E-state index in [-0.39, 0.29) is 17.9 Å². The lowest BCUT2D eigenvalue weighted by atomic mass is 9.92. The van der Waals surface area contributed by atoms with Gasteiger partial charge < -0.3 is 15.0 Å². The van der Waals surface area contributed by atoms with Gasteiger partial charge in [0.15, 0.2) is 0 Å². The Kier molecular flexibility index (Phi) is 7.00. The molecule has 0 aliphatic heterocycles. The number of hydrogen-bond donors (Lipinski definition) is 2. The summed E-state index contributed by atoms with van der Waals surface area (Å²) < 4.78 is 1.56. The van der Waals surface area contributed by atoms with Crippen molar-refractivity contribution < 1.29 is 14.7 Å². The van der Waals surface area contributed by atoms with Gasteiger partial charge in [-0.2, -0.15) is 0 Å². The number of carbonyl (C=O) groups is 2. The third-order valence-electron chi connectivity index (χ3n) is 3.66. The highest BCUT2D eigenvalue weighted by Gasteiger charge is 2.28. The van der Waals surface area contributed by atoms with Gasteiger partial charge in [-0.25, -0.2) is 0 Å². The number of pyridine rings is 1. The minimum absolute atomic E-state index is 0.107. The molecule has 1 rings (SSSR count). The average Bonchev–Trinajstić information content (AvgIpc) is 2.45. The maximum Gasteiger partial charge on any atom is 0.303 e. The van der Waals surface area contributed by atoms with Gasteiger partial charge in [-0.1, -0.05) is 12.5 Å². The molecule has 0 saturated heterocycles. The number of carbonyl (C=O) groups excluding carboxylic acids is 1. The molecule has 0 unspecified atom stereocenters. The van der Waals surface area contributed by atoms with Gasteiger partial charge in [0.2, 0.25) is 5.91 Å². The Bertz CT molecular complexity index is 605. The second-order valence-electron chi connectivity index (χ2n) is 6.52. The first-order valence-electron chi connectivity index (χ1n) is 7.89. The van der Waals surface area contributed by atoms with E-state index in [9.17, 15) is 14.4 Å². The van der Waals surface area contributed by atoms with Gasteiger partial charge in [0, 0.05) is 31.8 Å². The van der Waals surface area contributed by atoms with Crippen molar-refractivity contribution in [2.24, 2.45) is 5.41 Å². The zero-order valence-electron chi connectivity index (χ0n) is 14.1. The number of nitrogens with one attached hydrogen (secondary N) is 1. The van der Waals surface area contributed by atoms with Crippen molar-refractivity contribution in [2.45, 2.75) is 53.0 Å². The zero-order chi connectivity index (χ0) is 17.5. The second kappa shape index (κ2) is 8.50. The predicted molar refractivity (Wildman–Crippen MR) is 88.3 cm³/mol. The van der Waals surface area contributed by atoms with Crippen LogP contribution in [0.2, 0.25) is 0 Å². The molecular weight excluding hydrogens is 296 g/mol. The number of carboxylic acid groups (broad SMARTS) is 1. The summed E-state index contributed by atoms with van der Waals surface area (Å²) in [4.78, 5) is 34.5. The Balaban J connectivity index is 2.46. The van der Waals surface area contributed by atoms with E-state index in [0.29, 0.717) is 19.5 Å². The molecule has 23 heavy (non-hydrogen) atoms. The summed E-state index contributed by atoms with van der Waals surface area (Å²) in [5.74, 6) is -0.900. The van der Waals surface area contributed by atoms with Crippen LogP contribution in [0.1, 0.15) is 45.1 Å². The molecule has 1 aromatic rings. The van der Waals surface area contributed by atoms with Crippen molar-refractivity contribution in [1.29, 1.82) is 0 Å². The molecule has 0 aliphatic carbocycles. The van der Waals surface area contributed by atoms with Gasteiger partial charge in [0.25, 0.3) is 5.56 Å². The Morgan fingerprint density at radius 3 is 2.57 bits per heavy atom. The van der Waals surface area contributed by atoms with Gasteiger partial charge in [-0.05, 0) is 39.2 Å². The summed E-state index contributed by atoms with van der Waals surface area (Å²) >= 11 is 0. The lowest BCUT2D eigenvalue weighted by Crippen LogP contribution is -2.41. The van der Waals surface area contributed by atoms with E-state index in [1.54, 1.807) is 16.8 Å². The van der Waals surface area contributed by atoms with Crippen LogP contribution in [0.25, 0.3) is 0 Å². The van der Waals surface area contributed by atoms with Crippen molar-refractivity contribution in [1.82, 2.24) is 9.88 Å². The standard InChI is InChI=1S/C17H26N2O4/c1-13-8-9-14(20)19(11-13)12-17(2,3)16(23)18-10-6-4-5-7-15(21)22/h8-9,11H,4-7,10,12H2,1-3H3,(H,18,23)(H,21,22). The van der Waals surface area contributed by atoms with Gasteiger partial charge in [0.1, 0.15) is 0 Å². The molecule has 0 aliphatic rings. The summed E-state index contributed by atoms with van der Waals surface area (Å²) in [5, 5.41) is 11.4. The Hall–Kier alpha value is -2.11. The first-order chi connectivity index (χ1) is 10.7. The van der Waals surface area contributed by atoms with Crippen LogP contribution in [0.5, 0.6) is 0 Å². The number of nitrogens with zero attached hydrogens (tertiary/aromatic N) is 1. The number of aromatic nitrogens is 1. The number of rotatable bonds is 9. The van der Waals surface area contributed by atoms with Crippen molar-refractivity contribution >= 4 is 11.9 Å². The molecule has 1 heterocycles. The lowest BCUT2D eigenvalue weighted by Gasteiger charge is -2.24. The van der Waals surface area contributed by atoms with Crippen LogP contribution >= 0.6 is 0 Å². The molecule has 128 valence electrons. The number of amides is 1. The Morgan fingerprint density at radius 2 is 1.91 bits per heavy atom. The Morgan fingerprint density at radius 1 is 1.22 bits per heavy atom. The number of carboxylic acids is 1. The van der Waals surface area contributed by atoms with Crippen LogP contribution in [-0.2, 0) is 16.1 Å². The molecule has 0 spiro atoms. The van der Waals surface area contributed by atoms with Crippen molar-refractivity contribution in [2.75, 3.05) is 6.54 Å². The van der Waals surface area contributed by atoms with E-state index in [2.05, 4.69) is 5.32 Å². The number of aliphatic carboxylic acids is 1. The fourth-order valence-corrected chi connectivity index (χ4v) is 2.29. The van der Waals surface area contributed by atoms with Crippen LogP contribution in [-0.4, -0.2) is 28.1 Å². The summed E-state index contributed by atoms with van der Waals surface area (Å²) in [5.41, 5.74) is 0.156. The van der Waals surface area contributed by atoms with E-state index in [0.717, 1.165) is 18.4 Å². The molecule has 1 aromatic heterocycles. The van der Waals surface area contributed by atoms with Crippen LogP contribution in [0.4, 0.5) is 0 Å². The second-order valence-corrected chi connectivity index (χ2v) is 6.52. The molecule has 2 N–H and O–H groups in total. The zero-order valence-corrected chi connectivity index (χ0v) is 14.1. The molecule has 0 atom stereocenters. The maximum atomic E-state index is 12.3. The number of aryl methyl sites for hydroxylation is 1. The fourth-order valence-electron chi connectivity index (χ4n) is 2.29. The molecule has 6 nitrogen and oxygen atoms in total. The molecule has 6 heteroatoms. The Labute approximate surface area is 136 Å². The van der Waals surface area contributed by atoms with E-state index in [1.807, 2.05) is 20.8 Å². The molecule has 1 amide bonds. The van der Waals surface area contributed by atoms with Crippen LogP contribution in [0, 0.1) is 12.3 Å². The van der Waals surface area contributed by atoms with E-state index >= 15 is 0 Å². The fraction of sp³-hybridized carbons (Fsp3) is 0.588. The van der Waals surface area contributed by atoms with Gasteiger partial charge in [-0.3, -0.25) is 14.4 Å². The van der Waals surface area contributed by atoms with Crippen molar-refractivity contribution in [3.05, 3.63) is 34.2 Å². The minimum Gasteiger partial charge on any atom is -0.481 e. The quantitative estimate of drug-likeness (QED) is 0.680. The molecule has 0 saturated carbocycles. The predicted octanol–water partition coefficient (Wildman–Crippen LogP) is 1.94. The minimum atomic E-state index is -0.793. The van der Waals surface area contributed by atoms with Gasteiger partial charge >= 0.3 is 5.97 Å².